The lowest BCUT2D eigenvalue weighted by Gasteiger charge is -2.36. The zero-order valence-electron chi connectivity index (χ0n) is 41.9. The third kappa shape index (κ3) is 5.97. The van der Waals surface area contributed by atoms with E-state index in [0.29, 0.717) is 0 Å². The zero-order chi connectivity index (χ0) is 50.3. The molecular formula is C75H51N. The molecule has 0 saturated heterocycles. The summed E-state index contributed by atoms with van der Waals surface area (Å²) >= 11 is 0. The molecule has 0 aromatic heterocycles. The van der Waals surface area contributed by atoms with Crippen LogP contribution in [-0.2, 0) is 16.2 Å². The number of rotatable bonds is 9. The summed E-state index contributed by atoms with van der Waals surface area (Å²) < 4.78 is 0. The molecular weight excluding hydrogens is 915 g/mol. The van der Waals surface area contributed by atoms with Gasteiger partial charge in [-0.3, -0.25) is 0 Å². The highest BCUT2D eigenvalue weighted by Crippen LogP contribution is 2.64. The molecule has 0 amide bonds. The van der Waals surface area contributed by atoms with Crippen LogP contribution in [0, 0.1) is 0 Å². The van der Waals surface area contributed by atoms with E-state index in [4.69, 9.17) is 0 Å². The predicted molar refractivity (Wildman–Crippen MR) is 313 cm³/mol. The summed E-state index contributed by atoms with van der Waals surface area (Å²) in [5.41, 5.74) is 24.1. The molecule has 3 aliphatic rings. The van der Waals surface area contributed by atoms with Gasteiger partial charge in [0.1, 0.15) is 0 Å². The van der Waals surface area contributed by atoms with Gasteiger partial charge in [-0.15, -0.1) is 0 Å². The number of fused-ring (bicyclic) bond motifs is 9. The molecule has 0 saturated carbocycles. The first kappa shape index (κ1) is 44.0. The van der Waals surface area contributed by atoms with Gasteiger partial charge in [-0.1, -0.05) is 285 Å². The van der Waals surface area contributed by atoms with Gasteiger partial charge in [-0.05, 0) is 113 Å². The van der Waals surface area contributed by atoms with Crippen LogP contribution >= 0.6 is 0 Å². The van der Waals surface area contributed by atoms with Crippen molar-refractivity contribution in [1.29, 1.82) is 0 Å². The van der Waals surface area contributed by atoms with Crippen LogP contribution in [0.1, 0.15) is 66.8 Å². The lowest BCUT2D eigenvalue weighted by molar-refractivity contribution is 0.767. The molecule has 0 spiro atoms. The third-order valence-corrected chi connectivity index (χ3v) is 17.1. The van der Waals surface area contributed by atoms with Crippen LogP contribution in [0.15, 0.2) is 309 Å². The van der Waals surface area contributed by atoms with Crippen molar-refractivity contribution >= 4 is 17.1 Å². The summed E-state index contributed by atoms with van der Waals surface area (Å²) in [5.74, 6) is 0. The highest BCUT2D eigenvalue weighted by atomic mass is 15.1. The smallest absolute Gasteiger partial charge is 0.0714 e. The Morgan fingerprint density at radius 3 is 0.842 bits per heavy atom. The fraction of sp³-hybridized carbons (Fsp3) is 0.0400. The van der Waals surface area contributed by atoms with Crippen molar-refractivity contribution in [3.8, 4) is 33.4 Å². The van der Waals surface area contributed by atoms with Gasteiger partial charge in [0.2, 0.25) is 0 Å². The van der Waals surface area contributed by atoms with Gasteiger partial charge in [-0.2, -0.15) is 0 Å². The number of benzene rings is 12. The fourth-order valence-electron chi connectivity index (χ4n) is 14.3. The molecule has 0 fully saturated rings. The molecule has 12 aromatic carbocycles. The number of nitrogens with zero attached hydrogens (tertiary/aromatic N) is 1. The Morgan fingerprint density at radius 1 is 0.197 bits per heavy atom. The minimum absolute atomic E-state index is 0.591. The fourth-order valence-corrected chi connectivity index (χ4v) is 14.3. The molecule has 3 aliphatic carbocycles. The van der Waals surface area contributed by atoms with Crippen LogP contribution in [0.2, 0.25) is 0 Å². The number of anilines is 3. The van der Waals surface area contributed by atoms with E-state index in [-0.39, 0.29) is 0 Å². The first-order valence-corrected chi connectivity index (χ1v) is 26.6. The van der Waals surface area contributed by atoms with E-state index in [1.165, 1.54) is 100 Å². The van der Waals surface area contributed by atoms with Gasteiger partial charge in [0.25, 0.3) is 0 Å². The Hall–Kier alpha value is -9.56. The van der Waals surface area contributed by atoms with Crippen LogP contribution in [-0.4, -0.2) is 0 Å². The maximum atomic E-state index is 2.63. The van der Waals surface area contributed by atoms with Crippen molar-refractivity contribution in [1.82, 2.24) is 0 Å². The maximum absolute atomic E-state index is 2.63. The van der Waals surface area contributed by atoms with E-state index in [1.54, 1.807) is 0 Å². The lowest BCUT2D eigenvalue weighted by Crippen LogP contribution is -2.29. The highest BCUT2D eigenvalue weighted by molar-refractivity contribution is 6.03. The van der Waals surface area contributed by atoms with Crippen molar-refractivity contribution < 1.29 is 0 Å². The van der Waals surface area contributed by atoms with Gasteiger partial charge in [0.15, 0.2) is 0 Å². The monoisotopic (exact) mass is 965 g/mol. The van der Waals surface area contributed by atoms with Crippen LogP contribution in [0.3, 0.4) is 0 Å². The number of hydrogen-bond donors (Lipinski definition) is 0. The van der Waals surface area contributed by atoms with Gasteiger partial charge in [0, 0.05) is 16.8 Å². The maximum Gasteiger partial charge on any atom is 0.0714 e. The average Bonchev–Trinajstić information content (AvgIpc) is 4.28. The van der Waals surface area contributed by atoms with E-state index < -0.39 is 16.2 Å². The van der Waals surface area contributed by atoms with E-state index in [9.17, 15) is 0 Å². The molecule has 0 atom stereocenters. The molecule has 0 heterocycles. The van der Waals surface area contributed by atoms with Crippen molar-refractivity contribution in [2.24, 2.45) is 0 Å². The van der Waals surface area contributed by atoms with E-state index >= 15 is 0 Å². The molecule has 0 unspecified atom stereocenters. The summed E-state index contributed by atoms with van der Waals surface area (Å²) in [5, 5.41) is 0. The number of hydrogen-bond acceptors (Lipinski definition) is 1. The zero-order valence-corrected chi connectivity index (χ0v) is 41.9. The average molecular weight is 966 g/mol. The molecule has 0 bridgehead atoms. The van der Waals surface area contributed by atoms with Crippen molar-refractivity contribution in [3.63, 3.8) is 0 Å². The molecule has 0 N–H and O–H groups in total. The van der Waals surface area contributed by atoms with Crippen molar-refractivity contribution in [2.45, 2.75) is 16.2 Å². The Labute approximate surface area is 445 Å². The lowest BCUT2D eigenvalue weighted by atomic mass is 9.67. The molecule has 0 aliphatic heterocycles. The molecule has 15 rings (SSSR count). The summed E-state index contributed by atoms with van der Waals surface area (Å²) in [7, 11) is 0. The van der Waals surface area contributed by atoms with Gasteiger partial charge >= 0.3 is 0 Å². The molecule has 1 nitrogen and oxygen atoms in total. The van der Waals surface area contributed by atoms with Gasteiger partial charge in [-0.25, -0.2) is 0 Å². The summed E-state index contributed by atoms with van der Waals surface area (Å²) in [4.78, 5) is 2.63. The highest BCUT2D eigenvalue weighted by Gasteiger charge is 2.51. The predicted octanol–water partition coefficient (Wildman–Crippen LogP) is 18.2. The SMILES string of the molecule is c1ccc(C2(c3ccccc3)c3ccccc3-c3ccc(N(c4cccc5c4-c4ccccc4C5(c4ccccc4)c4ccccc4)c4cccc5c4-c4ccccc4C5(c4ccccc4)c4ccccc4)cc32)cc1. The molecule has 356 valence electrons. The topological polar surface area (TPSA) is 3.24 Å². The van der Waals surface area contributed by atoms with E-state index in [1.807, 2.05) is 0 Å². The van der Waals surface area contributed by atoms with Crippen LogP contribution in [0.25, 0.3) is 33.4 Å². The minimum atomic E-state index is -0.599. The van der Waals surface area contributed by atoms with Crippen LogP contribution in [0.4, 0.5) is 17.1 Å². The normalized spacial score (nSPS) is 14.4. The first-order chi connectivity index (χ1) is 37.7. The first-order valence-electron chi connectivity index (χ1n) is 26.6. The second-order valence-corrected chi connectivity index (χ2v) is 20.5. The molecule has 1 heteroatoms. The summed E-state index contributed by atoms with van der Waals surface area (Å²) in [6, 6.07) is 116. The largest absolute Gasteiger partial charge is 0.309 e. The quantitative estimate of drug-likeness (QED) is 0.139. The Kier molecular flexibility index (Phi) is 9.99. The van der Waals surface area contributed by atoms with Gasteiger partial charge < -0.3 is 4.90 Å². The molecule has 12 aromatic rings. The Bertz CT molecular complexity index is 3850. The minimum Gasteiger partial charge on any atom is -0.309 e. The Balaban J connectivity index is 1.09. The second kappa shape index (κ2) is 17.3. The van der Waals surface area contributed by atoms with Crippen LogP contribution < -0.4 is 4.90 Å². The standard InChI is InChI=1S/C75H51N/c1-7-27-52(28-8-1)73(53-29-9-2-10-30-53)64-43-23-20-40-61(64)71-66(73)45-25-47-69(71)76(58-49-50-60-59-39-19-22-42-63(59)75(68(60)51-58,56-35-15-5-16-36-56)57-37-17-6-18-38-57)70-48-26-46-67-72(70)62-41-21-24-44-65(62)74(67,54-31-11-3-12-32-54)55-33-13-4-14-34-55/h1-51H. The molecule has 0 radical (unpaired) electrons. The van der Waals surface area contributed by atoms with Crippen molar-refractivity contribution in [2.75, 3.05) is 4.90 Å². The van der Waals surface area contributed by atoms with Crippen LogP contribution in [0.5, 0.6) is 0 Å². The van der Waals surface area contributed by atoms with Crippen molar-refractivity contribution in [3.05, 3.63) is 376 Å². The van der Waals surface area contributed by atoms with E-state index in [2.05, 4.69) is 314 Å². The van der Waals surface area contributed by atoms with E-state index in [0.717, 1.165) is 17.1 Å². The summed E-state index contributed by atoms with van der Waals surface area (Å²) in [6.45, 7) is 0. The Morgan fingerprint density at radius 2 is 0.474 bits per heavy atom. The summed E-state index contributed by atoms with van der Waals surface area (Å²) in [6.07, 6.45) is 0. The second-order valence-electron chi connectivity index (χ2n) is 20.5. The third-order valence-electron chi connectivity index (χ3n) is 17.1. The molecule has 76 heavy (non-hydrogen) atoms. The van der Waals surface area contributed by atoms with Gasteiger partial charge in [0.05, 0.1) is 27.6 Å².